The molecule has 0 spiro atoms. The third-order valence-electron chi connectivity index (χ3n) is 8.25. The number of hydrogen-bond acceptors (Lipinski definition) is 8. The highest BCUT2D eigenvalue weighted by molar-refractivity contribution is 5.85. The van der Waals surface area contributed by atoms with E-state index in [1.807, 2.05) is 43.0 Å². The van der Waals surface area contributed by atoms with Gasteiger partial charge in [-0.05, 0) is 51.0 Å². The maximum absolute atomic E-state index is 14.8. The van der Waals surface area contributed by atoms with Gasteiger partial charge in [0.05, 0.1) is 31.0 Å². The summed E-state index contributed by atoms with van der Waals surface area (Å²) in [5.74, 6) is -0.702. The fourth-order valence-corrected chi connectivity index (χ4v) is 6.05. The van der Waals surface area contributed by atoms with Crippen molar-refractivity contribution in [3.63, 3.8) is 0 Å². The minimum Gasteiger partial charge on any atom is -0.496 e. The number of aromatic amines is 1. The number of pyridine rings is 1. The molecule has 11 heteroatoms. The Bertz CT molecular complexity index is 1380. The Labute approximate surface area is 252 Å². The summed E-state index contributed by atoms with van der Waals surface area (Å²) in [5, 5.41) is 34.0. The van der Waals surface area contributed by atoms with Gasteiger partial charge in [-0.25, -0.2) is 4.39 Å². The first-order valence-electron chi connectivity index (χ1n) is 14.7. The molecule has 1 aliphatic heterocycles. The van der Waals surface area contributed by atoms with Crippen molar-refractivity contribution < 1.29 is 24.1 Å². The van der Waals surface area contributed by atoms with Crippen LogP contribution in [0.25, 0.3) is 17.3 Å². The van der Waals surface area contributed by atoms with Gasteiger partial charge in [-0.3, -0.25) is 25.1 Å². The van der Waals surface area contributed by atoms with E-state index in [-0.39, 0.29) is 43.6 Å². The molecule has 232 valence electrons. The number of nitrogens with one attached hydrogen (secondary N) is 3. The number of rotatable bonds is 12. The number of aromatic nitrogens is 3. The summed E-state index contributed by atoms with van der Waals surface area (Å²) in [4.78, 5) is 20.0. The molecule has 4 rings (SSSR count). The van der Waals surface area contributed by atoms with Crippen molar-refractivity contribution in [3.8, 4) is 11.3 Å². The molecule has 5 unspecified atom stereocenters. The quantitative estimate of drug-likeness (QED) is 0.144. The number of aryl methyl sites for hydroxylation is 1. The van der Waals surface area contributed by atoms with E-state index < -0.39 is 18.0 Å². The zero-order valence-electron chi connectivity index (χ0n) is 25.3. The number of likely N-dealkylation sites (tertiary alicyclic amines) is 1. The Morgan fingerprint density at radius 1 is 1.40 bits per heavy atom. The normalized spacial score (nSPS) is 23.7. The number of aliphatic hydroxyl groups is 2. The number of carbonyl (C=O) groups is 1. The number of aliphatic hydroxyl groups excluding tert-OH is 2. The molecule has 0 bridgehead atoms. The first-order chi connectivity index (χ1) is 20.7. The Morgan fingerprint density at radius 3 is 2.86 bits per heavy atom. The number of H-pyrrole nitrogens is 1. The molecule has 1 amide bonds. The van der Waals surface area contributed by atoms with E-state index in [1.54, 1.807) is 12.3 Å². The van der Waals surface area contributed by atoms with Crippen LogP contribution in [0, 0.1) is 12.8 Å². The topological polar surface area (TPSA) is 136 Å². The van der Waals surface area contributed by atoms with Gasteiger partial charge in [0.2, 0.25) is 5.91 Å². The second-order valence-electron chi connectivity index (χ2n) is 11.1. The molecule has 0 saturated carbocycles. The number of halogens is 1. The monoisotopic (exact) mass is 594 g/mol. The van der Waals surface area contributed by atoms with E-state index in [4.69, 9.17) is 4.74 Å². The lowest BCUT2D eigenvalue weighted by atomic mass is 9.80. The van der Waals surface area contributed by atoms with Crippen molar-refractivity contribution in [2.24, 2.45) is 5.92 Å². The highest BCUT2D eigenvalue weighted by Gasteiger charge is 2.37. The van der Waals surface area contributed by atoms with Crippen LogP contribution in [-0.4, -0.2) is 87.9 Å². The minimum atomic E-state index is -0.949. The van der Waals surface area contributed by atoms with Gasteiger partial charge in [0.15, 0.2) is 0 Å². The lowest BCUT2D eigenvalue weighted by Gasteiger charge is -2.43. The summed E-state index contributed by atoms with van der Waals surface area (Å²) in [6, 6.07) is 3.30. The van der Waals surface area contributed by atoms with E-state index >= 15 is 0 Å². The van der Waals surface area contributed by atoms with Crippen LogP contribution >= 0.6 is 0 Å². The fraction of sp³-hybridized carbons (Fsp3) is 0.469. The van der Waals surface area contributed by atoms with Crippen LogP contribution in [0.15, 0.2) is 60.3 Å². The average Bonchev–Trinajstić information content (AvgIpc) is 3.43. The lowest BCUT2D eigenvalue weighted by molar-refractivity contribution is -0.125. The number of ether oxygens (including phenoxy) is 1. The first kappa shape index (κ1) is 32.3. The summed E-state index contributed by atoms with van der Waals surface area (Å²) in [6.45, 7) is 9.66. The van der Waals surface area contributed by atoms with Crippen molar-refractivity contribution >= 4 is 12.0 Å². The van der Waals surface area contributed by atoms with E-state index in [0.717, 1.165) is 28.2 Å². The van der Waals surface area contributed by atoms with Crippen LogP contribution in [0.3, 0.4) is 0 Å². The molecule has 2 aromatic rings. The van der Waals surface area contributed by atoms with Crippen molar-refractivity contribution in [1.29, 1.82) is 0 Å². The molecule has 5 N–H and O–H groups in total. The smallest absolute Gasteiger partial charge is 0.227 e. The summed E-state index contributed by atoms with van der Waals surface area (Å²) >= 11 is 0. The van der Waals surface area contributed by atoms with Gasteiger partial charge >= 0.3 is 0 Å². The predicted molar refractivity (Wildman–Crippen MR) is 164 cm³/mol. The average molecular weight is 595 g/mol. The molecule has 3 heterocycles. The second kappa shape index (κ2) is 14.7. The number of amides is 1. The standard InChI is InChI=1S/C32H43FN6O4/c1-6-7-28(43-5)25(21(4)33)18-39-17-23(8-11-27(39)32(42)35-14-15-40)36-31(41)24-9-10-26-29(20(24)3)30(38-37-26)22-12-13-34-19(2)16-22/h6-7,9-10,12-13,16,20,23-24,27,32,35,40,42H,1,8,11,14-15,17-18H2,2-5H3,(H,36,41)(H,37,38). The van der Waals surface area contributed by atoms with Gasteiger partial charge in [-0.2, -0.15) is 5.10 Å². The van der Waals surface area contributed by atoms with Gasteiger partial charge in [-0.15, -0.1) is 0 Å². The Kier molecular flexibility index (Phi) is 11.0. The molecule has 10 nitrogen and oxygen atoms in total. The van der Waals surface area contributed by atoms with Crippen LogP contribution in [0.5, 0.6) is 0 Å². The highest BCUT2D eigenvalue weighted by atomic mass is 19.1. The van der Waals surface area contributed by atoms with Gasteiger partial charge in [0.1, 0.15) is 17.8 Å². The zero-order valence-corrected chi connectivity index (χ0v) is 25.3. The van der Waals surface area contributed by atoms with Gasteiger partial charge < -0.3 is 20.3 Å². The summed E-state index contributed by atoms with van der Waals surface area (Å²) < 4.78 is 20.2. The van der Waals surface area contributed by atoms with Crippen LogP contribution in [0.4, 0.5) is 4.39 Å². The van der Waals surface area contributed by atoms with Crippen LogP contribution in [0.2, 0.25) is 0 Å². The molecular formula is C32H43FN6O4. The summed E-state index contributed by atoms with van der Waals surface area (Å²) in [6.07, 6.45) is 8.93. The van der Waals surface area contributed by atoms with Crippen molar-refractivity contribution in [1.82, 2.24) is 30.7 Å². The SMILES string of the molecule is C=CC=C(OC)C(CN1CC(NC(=O)C2C=Cc3[nH]nc(-c4ccnc(C)c4)c3C2C)CCC1C(O)NCCO)=C(C)F. The fourth-order valence-electron chi connectivity index (χ4n) is 6.05. The van der Waals surface area contributed by atoms with Crippen LogP contribution in [-0.2, 0) is 9.53 Å². The third-order valence-corrected chi connectivity index (χ3v) is 8.25. The Balaban J connectivity index is 1.52. The van der Waals surface area contributed by atoms with Crippen molar-refractivity contribution in [2.75, 3.05) is 33.4 Å². The molecule has 1 aliphatic carbocycles. The number of allylic oxidation sites excluding steroid dienone is 3. The highest BCUT2D eigenvalue weighted by Crippen LogP contribution is 2.39. The minimum absolute atomic E-state index is 0.101. The maximum atomic E-state index is 14.8. The van der Waals surface area contributed by atoms with E-state index in [1.165, 1.54) is 20.1 Å². The number of hydrogen-bond donors (Lipinski definition) is 5. The van der Waals surface area contributed by atoms with Gasteiger partial charge in [0.25, 0.3) is 0 Å². The molecule has 1 saturated heterocycles. The molecular weight excluding hydrogens is 551 g/mol. The van der Waals surface area contributed by atoms with E-state index in [0.29, 0.717) is 30.7 Å². The number of nitrogens with zero attached hydrogens (tertiary/aromatic N) is 3. The molecule has 1 fully saturated rings. The van der Waals surface area contributed by atoms with Crippen molar-refractivity contribution in [3.05, 3.63) is 77.2 Å². The number of methoxy groups -OCH3 is 1. The second-order valence-corrected chi connectivity index (χ2v) is 11.1. The Morgan fingerprint density at radius 2 is 2.19 bits per heavy atom. The number of fused-ring (bicyclic) bond motifs is 1. The molecule has 0 aromatic carbocycles. The van der Waals surface area contributed by atoms with Gasteiger partial charge in [-0.1, -0.05) is 25.7 Å². The predicted octanol–water partition coefficient (Wildman–Crippen LogP) is 3.34. The Hall–Kier alpha value is -3.64. The molecule has 43 heavy (non-hydrogen) atoms. The van der Waals surface area contributed by atoms with Gasteiger partial charge in [0, 0.05) is 66.2 Å². The molecule has 0 radical (unpaired) electrons. The maximum Gasteiger partial charge on any atom is 0.227 e. The van der Waals surface area contributed by atoms with Crippen LogP contribution in [0.1, 0.15) is 49.6 Å². The third kappa shape index (κ3) is 7.48. The van der Waals surface area contributed by atoms with Crippen molar-refractivity contribution in [2.45, 2.75) is 57.8 Å². The molecule has 2 aliphatic rings. The number of carbonyl (C=O) groups excluding carboxylic acids is 1. The lowest BCUT2D eigenvalue weighted by Crippen LogP contribution is -2.59. The number of piperidine rings is 1. The van der Waals surface area contributed by atoms with E-state index in [9.17, 15) is 19.4 Å². The van der Waals surface area contributed by atoms with Crippen LogP contribution < -0.4 is 10.6 Å². The summed E-state index contributed by atoms with van der Waals surface area (Å²) in [7, 11) is 1.47. The summed E-state index contributed by atoms with van der Waals surface area (Å²) in [5.41, 5.74) is 4.86. The van der Waals surface area contributed by atoms with E-state index in [2.05, 4.69) is 32.4 Å². The molecule has 5 atom stereocenters. The molecule has 2 aromatic heterocycles. The first-order valence-corrected chi connectivity index (χ1v) is 14.7. The largest absolute Gasteiger partial charge is 0.496 e. The zero-order chi connectivity index (χ0) is 31.1.